The van der Waals surface area contributed by atoms with Gasteiger partial charge in [0, 0.05) is 30.0 Å². The van der Waals surface area contributed by atoms with Gasteiger partial charge in [0.05, 0.1) is 20.3 Å². The maximum atomic E-state index is 6.79. The molecule has 4 fully saturated rings. The molecule has 29 heavy (non-hydrogen) atoms. The fraction of sp³-hybridized carbons (Fsp3) is 0.750. The molecule has 5 heteroatoms. The molecule has 0 N–H and O–H groups in total. The van der Waals surface area contributed by atoms with Gasteiger partial charge in [-0.25, -0.2) is 0 Å². The van der Waals surface area contributed by atoms with Gasteiger partial charge in [-0.2, -0.15) is 0 Å². The Balaban J connectivity index is 1.37. The van der Waals surface area contributed by atoms with Gasteiger partial charge in [0.15, 0.2) is 17.6 Å². The number of ether oxygens (including phenoxy) is 4. The largest absolute Gasteiger partial charge is 0.493 e. The molecule has 1 aromatic carbocycles. The van der Waals surface area contributed by atoms with E-state index in [0.717, 1.165) is 36.7 Å². The van der Waals surface area contributed by atoms with Crippen LogP contribution in [0, 0.1) is 11.8 Å². The summed E-state index contributed by atoms with van der Waals surface area (Å²) >= 11 is 0. The quantitative estimate of drug-likeness (QED) is 0.783. The second-order valence-corrected chi connectivity index (χ2v) is 10.1. The fourth-order valence-electron chi connectivity index (χ4n) is 7.75. The van der Waals surface area contributed by atoms with Crippen molar-refractivity contribution in [1.82, 2.24) is 4.90 Å². The lowest BCUT2D eigenvalue weighted by Gasteiger charge is -2.61. The van der Waals surface area contributed by atoms with Gasteiger partial charge >= 0.3 is 0 Å². The molecule has 0 unspecified atom stereocenters. The van der Waals surface area contributed by atoms with E-state index in [4.69, 9.17) is 18.9 Å². The molecule has 5 nitrogen and oxygen atoms in total. The maximum absolute atomic E-state index is 6.79. The zero-order valence-electron chi connectivity index (χ0n) is 17.3. The highest BCUT2D eigenvalue weighted by molar-refractivity contribution is 5.61. The Hall–Kier alpha value is -1.30. The number of piperidine rings is 1. The number of hydrogen-bond donors (Lipinski definition) is 0. The van der Waals surface area contributed by atoms with E-state index in [9.17, 15) is 0 Å². The van der Waals surface area contributed by atoms with Crippen LogP contribution < -0.4 is 9.47 Å². The molecule has 6 aliphatic rings. The normalized spacial score (nSPS) is 39.1. The molecular weight excluding hydrogens is 366 g/mol. The Morgan fingerprint density at radius 3 is 2.76 bits per heavy atom. The van der Waals surface area contributed by atoms with E-state index in [-0.39, 0.29) is 11.5 Å². The first kappa shape index (κ1) is 17.4. The van der Waals surface area contributed by atoms with Crippen LogP contribution in [0.15, 0.2) is 12.1 Å². The summed E-state index contributed by atoms with van der Waals surface area (Å²) < 4.78 is 25.2. The van der Waals surface area contributed by atoms with Crippen LogP contribution in [0.5, 0.6) is 11.5 Å². The van der Waals surface area contributed by atoms with Crippen molar-refractivity contribution in [2.75, 3.05) is 33.4 Å². The molecule has 3 heterocycles. The molecule has 156 valence electrons. The van der Waals surface area contributed by atoms with Crippen LogP contribution in [-0.4, -0.2) is 56.2 Å². The second kappa shape index (κ2) is 5.89. The van der Waals surface area contributed by atoms with Crippen LogP contribution in [0.25, 0.3) is 0 Å². The van der Waals surface area contributed by atoms with Crippen LogP contribution in [-0.2, 0) is 21.3 Å². The first-order valence-corrected chi connectivity index (χ1v) is 11.6. The number of methoxy groups -OCH3 is 1. The molecule has 0 aromatic heterocycles. The Labute approximate surface area is 172 Å². The predicted molar refractivity (Wildman–Crippen MR) is 107 cm³/mol. The molecule has 2 saturated heterocycles. The van der Waals surface area contributed by atoms with Gasteiger partial charge in [-0.15, -0.1) is 0 Å². The molecule has 2 spiro atoms. The monoisotopic (exact) mass is 397 g/mol. The second-order valence-electron chi connectivity index (χ2n) is 10.1. The van der Waals surface area contributed by atoms with Crippen LogP contribution in [0.4, 0.5) is 0 Å². The number of benzene rings is 1. The summed E-state index contributed by atoms with van der Waals surface area (Å²) in [6.45, 7) is 3.82. The zero-order chi connectivity index (χ0) is 19.2. The fourth-order valence-corrected chi connectivity index (χ4v) is 7.75. The summed E-state index contributed by atoms with van der Waals surface area (Å²) in [5.41, 5.74) is 2.92. The molecule has 0 radical (unpaired) electrons. The lowest BCUT2D eigenvalue weighted by Crippen LogP contribution is -2.70. The van der Waals surface area contributed by atoms with Gasteiger partial charge in [-0.1, -0.05) is 12.5 Å². The first-order chi connectivity index (χ1) is 14.2. The lowest BCUT2D eigenvalue weighted by atomic mass is 9.50. The molecule has 3 aliphatic carbocycles. The van der Waals surface area contributed by atoms with Gasteiger partial charge in [0.25, 0.3) is 0 Å². The Morgan fingerprint density at radius 2 is 2.00 bits per heavy atom. The summed E-state index contributed by atoms with van der Waals surface area (Å²) in [5, 5.41) is 0. The standard InChI is InChI=1S/C24H31NO4/c1-26-19-6-5-16-13-18-17-7-8-24(27-11-12-28-24)22-23(17,20(16)21(19)29-22)9-10-25(18)14-15-3-2-4-15/h5-6,15,17-18,22H,2-4,7-14H2,1H3/t17-,18+,22+,23-/m0/s1. The van der Waals surface area contributed by atoms with Crippen molar-refractivity contribution < 1.29 is 18.9 Å². The van der Waals surface area contributed by atoms with Crippen LogP contribution in [0.2, 0.25) is 0 Å². The number of hydrogen-bond acceptors (Lipinski definition) is 5. The van der Waals surface area contributed by atoms with Gasteiger partial charge in [-0.05, 0) is 62.1 Å². The SMILES string of the molecule is COc1ccc2c3c1O[C@H]1C4(CC[C@H]5[C@@H](C2)N(CC2CCC2)CC[C@@]351)OCCO4. The van der Waals surface area contributed by atoms with E-state index >= 15 is 0 Å². The van der Waals surface area contributed by atoms with Crippen LogP contribution in [0.3, 0.4) is 0 Å². The van der Waals surface area contributed by atoms with Crippen molar-refractivity contribution >= 4 is 0 Å². The van der Waals surface area contributed by atoms with E-state index in [0.29, 0.717) is 25.2 Å². The van der Waals surface area contributed by atoms with E-state index in [2.05, 4.69) is 17.0 Å². The highest BCUT2D eigenvalue weighted by atomic mass is 16.8. The molecule has 7 rings (SSSR count). The predicted octanol–water partition coefficient (Wildman–Crippen LogP) is 3.28. The number of likely N-dealkylation sites (tertiary alicyclic amines) is 1. The average Bonchev–Trinajstić information content (AvgIpc) is 3.30. The molecule has 2 bridgehead atoms. The molecule has 2 saturated carbocycles. The molecular formula is C24H31NO4. The summed E-state index contributed by atoms with van der Waals surface area (Å²) in [6, 6.07) is 5.04. The van der Waals surface area contributed by atoms with Crippen LogP contribution >= 0.6 is 0 Å². The molecule has 0 amide bonds. The minimum atomic E-state index is -0.574. The first-order valence-electron chi connectivity index (χ1n) is 11.6. The molecule has 3 aliphatic heterocycles. The Morgan fingerprint density at radius 1 is 1.14 bits per heavy atom. The van der Waals surface area contributed by atoms with E-state index < -0.39 is 5.79 Å². The van der Waals surface area contributed by atoms with E-state index in [1.807, 2.05) is 0 Å². The van der Waals surface area contributed by atoms with Gasteiger partial charge in [0.1, 0.15) is 0 Å². The summed E-state index contributed by atoms with van der Waals surface area (Å²) in [7, 11) is 1.75. The van der Waals surface area contributed by atoms with E-state index in [1.54, 1.807) is 7.11 Å². The summed E-state index contributed by atoms with van der Waals surface area (Å²) in [5.74, 6) is 2.82. The maximum Gasteiger partial charge on any atom is 0.206 e. The minimum Gasteiger partial charge on any atom is -0.493 e. The number of rotatable bonds is 3. The molecule has 4 atom stereocenters. The van der Waals surface area contributed by atoms with Crippen molar-refractivity contribution in [3.8, 4) is 11.5 Å². The Bertz CT molecular complexity index is 846. The highest BCUT2D eigenvalue weighted by Crippen LogP contribution is 2.66. The van der Waals surface area contributed by atoms with Crippen molar-refractivity contribution in [2.24, 2.45) is 11.8 Å². The van der Waals surface area contributed by atoms with Gasteiger partial charge in [-0.3, -0.25) is 4.90 Å². The third-order valence-electron chi connectivity index (χ3n) is 9.13. The smallest absolute Gasteiger partial charge is 0.206 e. The zero-order valence-corrected chi connectivity index (χ0v) is 17.3. The topological polar surface area (TPSA) is 40.2 Å². The number of fused-ring (bicyclic) bond motifs is 1. The van der Waals surface area contributed by atoms with E-state index in [1.165, 1.54) is 49.9 Å². The molecule has 1 aromatic rings. The van der Waals surface area contributed by atoms with Crippen molar-refractivity contribution in [1.29, 1.82) is 0 Å². The number of nitrogens with zero attached hydrogens (tertiary/aromatic N) is 1. The lowest BCUT2D eigenvalue weighted by molar-refractivity contribution is -0.261. The van der Waals surface area contributed by atoms with Crippen molar-refractivity contribution in [3.05, 3.63) is 23.3 Å². The third-order valence-corrected chi connectivity index (χ3v) is 9.13. The van der Waals surface area contributed by atoms with Gasteiger partial charge in [0.2, 0.25) is 5.79 Å². The highest BCUT2D eigenvalue weighted by Gasteiger charge is 2.71. The Kier molecular flexibility index (Phi) is 3.53. The van der Waals surface area contributed by atoms with Crippen LogP contribution in [0.1, 0.15) is 49.7 Å². The minimum absolute atomic E-state index is 0.0147. The van der Waals surface area contributed by atoms with Crippen molar-refractivity contribution in [3.63, 3.8) is 0 Å². The van der Waals surface area contributed by atoms with Crippen molar-refractivity contribution in [2.45, 2.75) is 68.3 Å². The summed E-state index contributed by atoms with van der Waals surface area (Å²) in [4.78, 5) is 2.84. The van der Waals surface area contributed by atoms with Gasteiger partial charge < -0.3 is 18.9 Å². The third kappa shape index (κ3) is 2.07. The summed E-state index contributed by atoms with van der Waals surface area (Å²) in [6.07, 6.45) is 8.64. The average molecular weight is 398 g/mol.